The number of rotatable bonds is 18. The molecular formula is C28H48O4Sn. The van der Waals surface area contributed by atoms with Crippen molar-refractivity contribution < 1.29 is 19.0 Å². The van der Waals surface area contributed by atoms with Gasteiger partial charge < -0.3 is 0 Å². The predicted molar refractivity (Wildman–Crippen MR) is 142 cm³/mol. The van der Waals surface area contributed by atoms with Crippen molar-refractivity contribution in [1.29, 1.82) is 0 Å². The van der Waals surface area contributed by atoms with Gasteiger partial charge in [-0.05, 0) is 0 Å². The first-order valence-corrected chi connectivity index (χ1v) is 20.7. The van der Waals surface area contributed by atoms with Crippen molar-refractivity contribution in [2.75, 3.05) is 14.2 Å². The average Bonchev–Trinajstić information content (AvgIpc) is 2.84. The van der Waals surface area contributed by atoms with E-state index >= 15 is 0 Å². The van der Waals surface area contributed by atoms with Gasteiger partial charge in [-0.1, -0.05) is 0 Å². The van der Waals surface area contributed by atoms with E-state index in [0.29, 0.717) is 0 Å². The van der Waals surface area contributed by atoms with Crippen molar-refractivity contribution in [3.8, 4) is 5.75 Å². The number of carbonyl (C=O) groups is 1. The Labute approximate surface area is 207 Å². The van der Waals surface area contributed by atoms with E-state index in [1.807, 2.05) is 12.1 Å². The second-order valence-corrected chi connectivity index (χ2v) is 22.7. The Bertz CT molecular complexity index is 667. The molecule has 33 heavy (non-hydrogen) atoms. The van der Waals surface area contributed by atoms with Gasteiger partial charge in [0, 0.05) is 0 Å². The molecule has 0 aliphatic rings. The van der Waals surface area contributed by atoms with Crippen LogP contribution >= 0.6 is 0 Å². The van der Waals surface area contributed by atoms with Crippen LogP contribution in [0.5, 0.6) is 5.75 Å². The van der Waals surface area contributed by atoms with Crippen LogP contribution in [0.2, 0.25) is 13.3 Å². The first kappa shape index (κ1) is 29.9. The third-order valence-corrected chi connectivity index (χ3v) is 22.7. The second-order valence-electron chi connectivity index (χ2n) is 9.19. The molecule has 0 aliphatic heterocycles. The van der Waals surface area contributed by atoms with Crippen LogP contribution in [0.1, 0.15) is 93.8 Å². The van der Waals surface area contributed by atoms with E-state index in [-0.39, 0.29) is 4.12 Å². The van der Waals surface area contributed by atoms with Crippen LogP contribution in [0, 0.1) is 0 Å². The van der Waals surface area contributed by atoms with Crippen molar-refractivity contribution >= 4 is 24.5 Å². The van der Waals surface area contributed by atoms with E-state index in [0.717, 1.165) is 37.0 Å². The maximum atomic E-state index is 12.6. The summed E-state index contributed by atoms with van der Waals surface area (Å²) in [5, 5.41) is 0. The van der Waals surface area contributed by atoms with Crippen molar-refractivity contribution in [2.45, 2.75) is 102 Å². The van der Waals surface area contributed by atoms with Gasteiger partial charge in [0.1, 0.15) is 0 Å². The molecule has 0 aliphatic carbocycles. The van der Waals surface area contributed by atoms with Crippen LogP contribution in [-0.4, -0.2) is 38.8 Å². The van der Waals surface area contributed by atoms with Crippen LogP contribution in [0.25, 0.3) is 0 Å². The topological polar surface area (TPSA) is 44.8 Å². The molecule has 0 bridgehead atoms. The summed E-state index contributed by atoms with van der Waals surface area (Å²) in [7, 11) is 3.15. The van der Waals surface area contributed by atoms with Gasteiger partial charge in [-0.15, -0.1) is 0 Å². The molecule has 0 aromatic heterocycles. The van der Waals surface area contributed by atoms with Crippen LogP contribution in [0.3, 0.4) is 0 Å². The first-order chi connectivity index (χ1) is 16.0. The van der Waals surface area contributed by atoms with Gasteiger partial charge in [-0.25, -0.2) is 0 Å². The molecule has 1 rings (SSSR count). The molecule has 0 N–H and O–H groups in total. The Morgan fingerprint density at radius 3 is 2.06 bits per heavy atom. The zero-order valence-corrected chi connectivity index (χ0v) is 24.8. The number of methoxy groups -OCH3 is 2. The van der Waals surface area contributed by atoms with Crippen molar-refractivity contribution in [2.24, 2.45) is 0 Å². The number of hydrogen-bond donors (Lipinski definition) is 0. The van der Waals surface area contributed by atoms with E-state index < -0.39 is 24.5 Å². The number of unbranched alkanes of at least 4 members (excludes halogenated alkanes) is 5. The van der Waals surface area contributed by atoms with E-state index in [9.17, 15) is 4.79 Å². The quantitative estimate of drug-likeness (QED) is 0.0770. The van der Waals surface area contributed by atoms with Gasteiger partial charge in [-0.2, -0.15) is 0 Å². The Morgan fingerprint density at radius 2 is 1.58 bits per heavy atom. The summed E-state index contributed by atoms with van der Waals surface area (Å²) in [6, 6.07) is 6.31. The molecular weight excluding hydrogens is 519 g/mol. The Hall–Kier alpha value is -1.17. The van der Waals surface area contributed by atoms with Gasteiger partial charge in [0.2, 0.25) is 0 Å². The predicted octanol–water partition coefficient (Wildman–Crippen LogP) is 8.81. The van der Waals surface area contributed by atoms with Crippen molar-refractivity contribution in [3.63, 3.8) is 0 Å². The molecule has 5 heteroatoms. The normalized spacial score (nSPS) is 12.3. The average molecular weight is 567 g/mol. The summed E-state index contributed by atoms with van der Waals surface area (Å²) in [5.74, 6) is 0.857. The zero-order valence-electron chi connectivity index (χ0n) is 21.9. The van der Waals surface area contributed by atoms with Crippen LogP contribution in [0.4, 0.5) is 4.79 Å². The molecule has 0 fully saturated rings. The Balaban J connectivity index is 3.64. The van der Waals surface area contributed by atoms with Crippen LogP contribution in [0.15, 0.2) is 30.9 Å². The summed E-state index contributed by atoms with van der Waals surface area (Å²) < 4.78 is 20.8. The summed E-state index contributed by atoms with van der Waals surface area (Å²) in [5.41, 5.74) is 2.39. The van der Waals surface area contributed by atoms with E-state index in [1.165, 1.54) is 64.5 Å². The molecule has 1 aromatic rings. The van der Waals surface area contributed by atoms with Crippen LogP contribution < -0.4 is 4.74 Å². The molecule has 4 nitrogen and oxygen atoms in total. The second kappa shape index (κ2) is 17.3. The molecule has 1 unspecified atom stereocenters. The van der Waals surface area contributed by atoms with Gasteiger partial charge in [0.25, 0.3) is 0 Å². The fourth-order valence-electron chi connectivity index (χ4n) is 4.88. The zero-order chi connectivity index (χ0) is 24.5. The minimum atomic E-state index is -3.04. The monoisotopic (exact) mass is 568 g/mol. The summed E-state index contributed by atoms with van der Waals surface area (Å²) in [6.07, 6.45) is 12.7. The summed E-state index contributed by atoms with van der Waals surface area (Å²) in [6.45, 7) is 10.6. The first-order valence-electron chi connectivity index (χ1n) is 13.0. The number of hydrogen-bond acceptors (Lipinski definition) is 4. The molecule has 1 aromatic carbocycles. The van der Waals surface area contributed by atoms with Gasteiger partial charge >= 0.3 is 208 Å². The van der Waals surface area contributed by atoms with E-state index in [2.05, 4.69) is 39.5 Å². The van der Waals surface area contributed by atoms with Crippen molar-refractivity contribution in [3.05, 3.63) is 42.0 Å². The maximum absolute atomic E-state index is 12.6. The molecule has 188 valence electrons. The molecule has 0 heterocycles. The van der Waals surface area contributed by atoms with Crippen molar-refractivity contribution in [1.82, 2.24) is 0 Å². The van der Waals surface area contributed by atoms with Gasteiger partial charge in [0.05, 0.1) is 0 Å². The number of ether oxygens (including phenoxy) is 3. The number of carbonyl (C=O) groups excluding carboxylic acids is 1. The summed E-state index contributed by atoms with van der Waals surface area (Å²) >= 11 is -3.04. The van der Waals surface area contributed by atoms with Gasteiger partial charge in [-0.3, -0.25) is 0 Å². The summed E-state index contributed by atoms with van der Waals surface area (Å²) in [4.78, 5) is 12.6. The Kier molecular flexibility index (Phi) is 15.6. The minimum absolute atomic E-state index is 0.179. The molecule has 0 radical (unpaired) electrons. The third kappa shape index (κ3) is 9.54. The van der Waals surface area contributed by atoms with E-state index in [1.54, 1.807) is 7.11 Å². The van der Waals surface area contributed by atoms with E-state index in [4.69, 9.17) is 14.2 Å². The molecule has 0 saturated heterocycles. The molecule has 0 spiro atoms. The SMILES string of the molecule is C=CCCCCc1cccc(OC)c1[CH](OC(=O)OC)[Sn]([CH2]CCC)([CH2]CCC)[CH2]CCC. The molecule has 0 amide bonds. The fourth-order valence-corrected chi connectivity index (χ4v) is 22.0. The number of aryl methyl sites for hydroxylation is 1. The number of allylic oxidation sites excluding steroid dienone is 1. The Morgan fingerprint density at radius 1 is 0.970 bits per heavy atom. The third-order valence-electron chi connectivity index (χ3n) is 6.76. The molecule has 0 saturated carbocycles. The number of benzene rings is 1. The van der Waals surface area contributed by atoms with Crippen LogP contribution in [-0.2, 0) is 15.9 Å². The van der Waals surface area contributed by atoms with Gasteiger partial charge in [0.15, 0.2) is 0 Å². The standard InChI is InChI=1S/C16H21O4.3C4H9.Sn/c1-4-5-6-7-9-13-10-8-11-15(18-2)14(13)12-20-16(17)19-3;3*1-3-4-2;/h4,8,10-12H,1,5-7,9H2,2-3H3;3*1,3-4H2,2H3;. The molecule has 1 atom stereocenters. The fraction of sp³-hybridized carbons (Fsp3) is 0.679.